The Morgan fingerprint density at radius 3 is 2.70 bits per heavy atom. The van der Waals surface area contributed by atoms with E-state index in [1.807, 2.05) is 30.0 Å². The van der Waals surface area contributed by atoms with Crippen molar-refractivity contribution in [2.45, 2.75) is 19.9 Å². The van der Waals surface area contributed by atoms with Crippen LogP contribution in [0.2, 0.25) is 0 Å². The molecular weight excluding hydrogens is 256 g/mol. The van der Waals surface area contributed by atoms with Crippen molar-refractivity contribution in [3.8, 4) is 5.88 Å². The first-order chi connectivity index (χ1) is 9.61. The van der Waals surface area contributed by atoms with Gasteiger partial charge in [-0.25, -0.2) is 0 Å². The molecule has 1 saturated heterocycles. The number of amides is 1. The molecule has 0 aromatic carbocycles. The highest BCUT2D eigenvalue weighted by Crippen LogP contribution is 2.17. The summed E-state index contributed by atoms with van der Waals surface area (Å²) in [6.45, 7) is 7.16. The largest absolute Gasteiger partial charge is 0.478 e. The number of carbonyl (C=O) groups is 1. The van der Waals surface area contributed by atoms with Crippen LogP contribution >= 0.6 is 0 Å². The predicted octanol–water partition coefficient (Wildman–Crippen LogP) is 0.476. The van der Waals surface area contributed by atoms with Crippen LogP contribution in [0.3, 0.4) is 0 Å². The highest BCUT2D eigenvalue weighted by Gasteiger charge is 2.23. The SMILES string of the molecule is CCOc1cccc(N2CCN(C(=O)[C@H](C)N)CC2)n1. The summed E-state index contributed by atoms with van der Waals surface area (Å²) in [7, 11) is 0. The number of hydrogen-bond acceptors (Lipinski definition) is 5. The molecule has 1 atom stereocenters. The third-order valence-corrected chi connectivity index (χ3v) is 3.31. The van der Waals surface area contributed by atoms with E-state index in [9.17, 15) is 4.79 Å². The highest BCUT2D eigenvalue weighted by atomic mass is 16.5. The maximum atomic E-state index is 11.8. The van der Waals surface area contributed by atoms with Crippen molar-refractivity contribution >= 4 is 11.7 Å². The third kappa shape index (κ3) is 3.39. The summed E-state index contributed by atoms with van der Waals surface area (Å²) in [6, 6.07) is 5.32. The van der Waals surface area contributed by atoms with Crippen molar-refractivity contribution in [3.63, 3.8) is 0 Å². The van der Waals surface area contributed by atoms with Crippen LogP contribution in [0.15, 0.2) is 18.2 Å². The summed E-state index contributed by atoms with van der Waals surface area (Å²) in [5.41, 5.74) is 5.63. The summed E-state index contributed by atoms with van der Waals surface area (Å²) in [6.07, 6.45) is 0. The monoisotopic (exact) mass is 278 g/mol. The normalized spacial score (nSPS) is 16.9. The maximum absolute atomic E-state index is 11.8. The summed E-state index contributed by atoms with van der Waals surface area (Å²) >= 11 is 0. The van der Waals surface area contributed by atoms with Crippen molar-refractivity contribution < 1.29 is 9.53 Å². The van der Waals surface area contributed by atoms with Crippen LogP contribution in [0.5, 0.6) is 5.88 Å². The second-order valence-electron chi connectivity index (χ2n) is 4.87. The fraction of sp³-hybridized carbons (Fsp3) is 0.571. The van der Waals surface area contributed by atoms with Gasteiger partial charge in [-0.05, 0) is 19.9 Å². The molecule has 0 radical (unpaired) electrons. The van der Waals surface area contributed by atoms with Crippen LogP contribution in [0.25, 0.3) is 0 Å². The molecule has 6 nitrogen and oxygen atoms in total. The van der Waals surface area contributed by atoms with Gasteiger partial charge in [0, 0.05) is 32.2 Å². The summed E-state index contributed by atoms with van der Waals surface area (Å²) in [4.78, 5) is 20.3. The van der Waals surface area contributed by atoms with Gasteiger partial charge in [-0.15, -0.1) is 0 Å². The van der Waals surface area contributed by atoms with E-state index in [2.05, 4.69) is 9.88 Å². The van der Waals surface area contributed by atoms with Gasteiger partial charge in [0.15, 0.2) is 0 Å². The van der Waals surface area contributed by atoms with E-state index in [0.29, 0.717) is 25.6 Å². The first-order valence-electron chi connectivity index (χ1n) is 7.01. The fourth-order valence-corrected chi connectivity index (χ4v) is 2.25. The molecule has 0 bridgehead atoms. The number of nitrogens with two attached hydrogens (primary N) is 1. The van der Waals surface area contributed by atoms with E-state index < -0.39 is 6.04 Å². The Hall–Kier alpha value is -1.82. The van der Waals surface area contributed by atoms with Crippen LogP contribution in [-0.4, -0.2) is 54.6 Å². The van der Waals surface area contributed by atoms with Crippen molar-refractivity contribution in [1.29, 1.82) is 0 Å². The number of pyridine rings is 1. The number of carbonyl (C=O) groups excluding carboxylic acids is 1. The lowest BCUT2D eigenvalue weighted by Crippen LogP contribution is -2.52. The molecule has 1 aliphatic heterocycles. The van der Waals surface area contributed by atoms with E-state index in [1.54, 1.807) is 6.92 Å². The fourth-order valence-electron chi connectivity index (χ4n) is 2.25. The lowest BCUT2D eigenvalue weighted by atomic mass is 10.2. The smallest absolute Gasteiger partial charge is 0.239 e. The Balaban J connectivity index is 1.96. The second kappa shape index (κ2) is 6.56. The molecule has 0 aliphatic carbocycles. The lowest BCUT2D eigenvalue weighted by molar-refractivity contribution is -0.132. The van der Waals surface area contributed by atoms with Gasteiger partial charge in [-0.2, -0.15) is 4.98 Å². The Morgan fingerprint density at radius 2 is 2.10 bits per heavy atom. The average Bonchev–Trinajstić information content (AvgIpc) is 2.47. The highest BCUT2D eigenvalue weighted by molar-refractivity contribution is 5.81. The van der Waals surface area contributed by atoms with Gasteiger partial charge in [0.25, 0.3) is 0 Å². The Bertz CT molecular complexity index is 456. The molecule has 1 fully saturated rings. The van der Waals surface area contributed by atoms with Gasteiger partial charge >= 0.3 is 0 Å². The summed E-state index contributed by atoms with van der Waals surface area (Å²) < 4.78 is 5.41. The molecule has 6 heteroatoms. The summed E-state index contributed by atoms with van der Waals surface area (Å²) in [5.74, 6) is 1.55. The molecule has 20 heavy (non-hydrogen) atoms. The lowest BCUT2D eigenvalue weighted by Gasteiger charge is -2.36. The molecule has 110 valence electrons. The van der Waals surface area contributed by atoms with E-state index >= 15 is 0 Å². The van der Waals surface area contributed by atoms with Crippen molar-refractivity contribution in [3.05, 3.63) is 18.2 Å². The van der Waals surface area contributed by atoms with Crippen LogP contribution in [0.4, 0.5) is 5.82 Å². The molecule has 2 rings (SSSR count). The van der Waals surface area contributed by atoms with E-state index in [0.717, 1.165) is 18.9 Å². The number of piperazine rings is 1. The third-order valence-electron chi connectivity index (χ3n) is 3.31. The average molecular weight is 278 g/mol. The number of ether oxygens (including phenoxy) is 1. The molecular formula is C14H22N4O2. The second-order valence-corrected chi connectivity index (χ2v) is 4.87. The minimum absolute atomic E-state index is 0.0145. The van der Waals surface area contributed by atoms with Crippen LogP contribution in [0, 0.1) is 0 Å². The molecule has 2 heterocycles. The molecule has 0 saturated carbocycles. The number of nitrogens with zero attached hydrogens (tertiary/aromatic N) is 3. The van der Waals surface area contributed by atoms with Gasteiger partial charge in [0.05, 0.1) is 12.6 Å². The minimum atomic E-state index is -0.430. The van der Waals surface area contributed by atoms with Crippen LogP contribution in [-0.2, 0) is 4.79 Å². The molecule has 1 aromatic heterocycles. The molecule has 0 spiro atoms. The zero-order chi connectivity index (χ0) is 14.5. The first-order valence-corrected chi connectivity index (χ1v) is 7.01. The molecule has 0 unspecified atom stereocenters. The first kappa shape index (κ1) is 14.6. The zero-order valence-electron chi connectivity index (χ0n) is 12.1. The number of hydrogen-bond donors (Lipinski definition) is 1. The standard InChI is InChI=1S/C14H22N4O2/c1-3-20-13-6-4-5-12(16-13)17-7-9-18(10-8-17)14(19)11(2)15/h4-6,11H,3,7-10,15H2,1-2H3/t11-/m0/s1. The number of anilines is 1. The molecule has 1 aliphatic rings. The minimum Gasteiger partial charge on any atom is -0.478 e. The van der Waals surface area contributed by atoms with Crippen molar-refractivity contribution in [1.82, 2.24) is 9.88 Å². The quantitative estimate of drug-likeness (QED) is 0.867. The molecule has 2 N–H and O–H groups in total. The van der Waals surface area contributed by atoms with Crippen molar-refractivity contribution in [2.75, 3.05) is 37.7 Å². The van der Waals surface area contributed by atoms with E-state index in [4.69, 9.17) is 10.5 Å². The van der Waals surface area contributed by atoms with Crippen LogP contribution < -0.4 is 15.4 Å². The van der Waals surface area contributed by atoms with E-state index in [1.165, 1.54) is 0 Å². The van der Waals surface area contributed by atoms with Gasteiger partial charge in [-0.1, -0.05) is 6.07 Å². The Morgan fingerprint density at radius 1 is 1.40 bits per heavy atom. The number of aromatic nitrogens is 1. The maximum Gasteiger partial charge on any atom is 0.239 e. The van der Waals surface area contributed by atoms with Gasteiger partial charge < -0.3 is 20.3 Å². The Kier molecular flexibility index (Phi) is 4.79. The Labute approximate surface area is 119 Å². The predicted molar refractivity (Wildman–Crippen MR) is 77.8 cm³/mol. The van der Waals surface area contributed by atoms with Crippen molar-refractivity contribution in [2.24, 2.45) is 5.73 Å². The topological polar surface area (TPSA) is 71.7 Å². The van der Waals surface area contributed by atoms with Gasteiger partial charge in [-0.3, -0.25) is 4.79 Å². The van der Waals surface area contributed by atoms with Gasteiger partial charge in [0.1, 0.15) is 5.82 Å². The molecule has 1 aromatic rings. The zero-order valence-corrected chi connectivity index (χ0v) is 12.1. The van der Waals surface area contributed by atoms with Crippen LogP contribution in [0.1, 0.15) is 13.8 Å². The molecule has 1 amide bonds. The van der Waals surface area contributed by atoms with Gasteiger partial charge in [0.2, 0.25) is 11.8 Å². The number of rotatable bonds is 4. The van der Waals surface area contributed by atoms with E-state index in [-0.39, 0.29) is 5.91 Å². The summed E-state index contributed by atoms with van der Waals surface area (Å²) in [5, 5.41) is 0.